The third-order valence-corrected chi connectivity index (χ3v) is 9.96. The molecule has 2 aliphatic heterocycles. The summed E-state index contributed by atoms with van der Waals surface area (Å²) in [6.45, 7) is 9.10. The highest BCUT2D eigenvalue weighted by Crippen LogP contribution is 2.33. The van der Waals surface area contributed by atoms with Crippen LogP contribution in [0.4, 0.5) is 4.79 Å². The van der Waals surface area contributed by atoms with Gasteiger partial charge in [0.05, 0.1) is 6.10 Å². The van der Waals surface area contributed by atoms with Crippen molar-refractivity contribution in [3.05, 3.63) is 95.7 Å². The van der Waals surface area contributed by atoms with Crippen LogP contribution in [0.25, 0.3) is 22.0 Å². The molecule has 4 aromatic rings. The topological polar surface area (TPSA) is 113 Å². The van der Waals surface area contributed by atoms with Gasteiger partial charge in [0, 0.05) is 81.6 Å². The standard InChI is InChI=1S/C42H52N4O6/c1-42(2,3)52-41(50)43-35(23-29-12-14-30(15-13-29)31-16-18-32(19-17-31)40(49)45-27-36(47)28-45)25-39(48)44-20-7-10-34(26-44)38-24-33-9-5-6-11-37(33)46(38)21-8-22-51-4/h5-6,9,11-19,24,34-36,47H,7-8,10,20-23,25-28H2,1-4H3,(H,43,50). The molecular formula is C42H52N4O6. The van der Waals surface area contributed by atoms with Gasteiger partial charge in [-0.25, -0.2) is 4.79 Å². The molecular weight excluding hydrogens is 656 g/mol. The molecule has 0 bridgehead atoms. The molecule has 2 atom stereocenters. The number of methoxy groups -OCH3 is 1. The van der Waals surface area contributed by atoms with E-state index in [0.29, 0.717) is 44.8 Å². The zero-order valence-corrected chi connectivity index (χ0v) is 30.8. The lowest BCUT2D eigenvalue weighted by Gasteiger charge is -2.35. The minimum atomic E-state index is -0.668. The average Bonchev–Trinajstić information content (AvgIpc) is 3.48. The summed E-state index contributed by atoms with van der Waals surface area (Å²) in [5, 5.41) is 13.7. The molecule has 0 radical (unpaired) electrons. The number of nitrogens with one attached hydrogen (secondary N) is 1. The van der Waals surface area contributed by atoms with Crippen molar-refractivity contribution >= 4 is 28.8 Å². The smallest absolute Gasteiger partial charge is 0.407 e. The van der Waals surface area contributed by atoms with Gasteiger partial charge in [-0.05, 0) is 92.8 Å². The maximum atomic E-state index is 14.0. The second kappa shape index (κ2) is 16.3. The van der Waals surface area contributed by atoms with E-state index in [2.05, 4.69) is 40.2 Å². The molecule has 2 N–H and O–H groups in total. The molecule has 10 heteroatoms. The van der Waals surface area contributed by atoms with E-state index in [0.717, 1.165) is 42.5 Å². The maximum absolute atomic E-state index is 14.0. The van der Waals surface area contributed by atoms with Crippen LogP contribution in [0.15, 0.2) is 78.9 Å². The molecule has 10 nitrogen and oxygen atoms in total. The first-order valence-corrected chi connectivity index (χ1v) is 18.5. The number of aromatic nitrogens is 1. The fourth-order valence-electron chi connectivity index (χ4n) is 7.35. The van der Waals surface area contributed by atoms with Gasteiger partial charge in [-0.1, -0.05) is 54.6 Å². The van der Waals surface area contributed by atoms with Crippen molar-refractivity contribution in [1.82, 2.24) is 19.7 Å². The Morgan fingerprint density at radius 1 is 0.923 bits per heavy atom. The van der Waals surface area contributed by atoms with Crippen LogP contribution in [-0.4, -0.2) is 95.0 Å². The molecule has 6 rings (SSSR count). The number of alkyl carbamates (subject to hydrolysis) is 1. The van der Waals surface area contributed by atoms with Crippen LogP contribution in [0, 0.1) is 0 Å². The zero-order chi connectivity index (χ0) is 36.8. The number of likely N-dealkylation sites (tertiary alicyclic amines) is 2. The van der Waals surface area contributed by atoms with Crippen LogP contribution in [0.3, 0.4) is 0 Å². The number of rotatable bonds is 12. The fourth-order valence-corrected chi connectivity index (χ4v) is 7.35. The van der Waals surface area contributed by atoms with Crippen LogP contribution in [0.5, 0.6) is 0 Å². The van der Waals surface area contributed by atoms with Gasteiger partial charge < -0.3 is 34.3 Å². The Bertz CT molecular complexity index is 1840. The highest BCUT2D eigenvalue weighted by molar-refractivity contribution is 5.95. The van der Waals surface area contributed by atoms with Gasteiger partial charge >= 0.3 is 6.09 Å². The summed E-state index contributed by atoms with van der Waals surface area (Å²) >= 11 is 0. The number of benzene rings is 3. The lowest BCUT2D eigenvalue weighted by Crippen LogP contribution is -2.53. The Morgan fingerprint density at radius 2 is 1.62 bits per heavy atom. The van der Waals surface area contributed by atoms with Gasteiger partial charge in [0.1, 0.15) is 5.60 Å². The molecule has 52 heavy (non-hydrogen) atoms. The van der Waals surface area contributed by atoms with Crippen molar-refractivity contribution in [2.24, 2.45) is 0 Å². The number of carbonyl (C=O) groups is 3. The molecule has 3 amide bonds. The first kappa shape index (κ1) is 37.1. The van der Waals surface area contributed by atoms with Crippen molar-refractivity contribution < 1.29 is 29.0 Å². The molecule has 2 unspecified atom stereocenters. The predicted octanol–water partition coefficient (Wildman–Crippen LogP) is 6.39. The minimum Gasteiger partial charge on any atom is -0.444 e. The van der Waals surface area contributed by atoms with E-state index in [-0.39, 0.29) is 24.2 Å². The summed E-state index contributed by atoms with van der Waals surface area (Å²) in [6, 6.07) is 25.8. The molecule has 0 saturated carbocycles. The number of piperidine rings is 1. The van der Waals surface area contributed by atoms with Crippen LogP contribution in [-0.2, 0) is 27.2 Å². The summed E-state index contributed by atoms with van der Waals surface area (Å²) in [6.07, 6.45) is 2.49. The third kappa shape index (κ3) is 9.21. The number of aryl methyl sites for hydroxylation is 1. The van der Waals surface area contributed by atoms with Crippen LogP contribution < -0.4 is 5.32 Å². The summed E-state index contributed by atoms with van der Waals surface area (Å²) in [5.41, 5.74) is 5.35. The number of amides is 3. The average molecular weight is 709 g/mol. The molecule has 276 valence electrons. The highest BCUT2D eigenvalue weighted by Gasteiger charge is 2.31. The summed E-state index contributed by atoms with van der Waals surface area (Å²) < 4.78 is 13.3. The molecule has 0 spiro atoms. The summed E-state index contributed by atoms with van der Waals surface area (Å²) in [4.78, 5) is 43.2. The number of ether oxygens (including phenoxy) is 2. The number of β-amino-alcohol motifs (C(OH)–C–C–N with tert-alkyl or cyclic N) is 1. The van der Waals surface area contributed by atoms with Gasteiger partial charge in [-0.3, -0.25) is 9.59 Å². The van der Waals surface area contributed by atoms with E-state index in [9.17, 15) is 19.5 Å². The Hall–Kier alpha value is -4.67. The Morgan fingerprint density at radius 3 is 2.29 bits per heavy atom. The van der Waals surface area contributed by atoms with E-state index in [1.165, 1.54) is 16.6 Å². The molecule has 3 aromatic carbocycles. The Balaban J connectivity index is 1.13. The first-order chi connectivity index (χ1) is 25.0. The van der Waals surface area contributed by atoms with Crippen LogP contribution in [0.1, 0.15) is 74.0 Å². The second-order valence-electron chi connectivity index (χ2n) is 15.2. The predicted molar refractivity (Wildman–Crippen MR) is 202 cm³/mol. The number of nitrogens with zero attached hydrogens (tertiary/aromatic N) is 3. The third-order valence-electron chi connectivity index (χ3n) is 9.96. The van der Waals surface area contributed by atoms with Crippen LogP contribution in [0.2, 0.25) is 0 Å². The van der Waals surface area contributed by atoms with Gasteiger partial charge in [0.15, 0.2) is 0 Å². The molecule has 0 aliphatic carbocycles. The maximum Gasteiger partial charge on any atom is 0.407 e. The van der Waals surface area contributed by atoms with E-state index in [4.69, 9.17) is 9.47 Å². The van der Waals surface area contributed by atoms with E-state index in [1.54, 1.807) is 12.0 Å². The molecule has 2 saturated heterocycles. The number of hydrogen-bond acceptors (Lipinski definition) is 6. The number of aliphatic hydroxyl groups excluding tert-OH is 1. The van der Waals surface area contributed by atoms with Crippen molar-refractivity contribution in [2.45, 2.75) is 83.1 Å². The normalized spacial score (nSPS) is 17.1. The SMILES string of the molecule is COCCCn1c(C2CCCN(C(=O)CC(Cc3ccc(-c4ccc(C(=O)N5CC(O)C5)cc4)cc3)NC(=O)OC(C)(C)C)C2)cc2ccccc21. The molecule has 2 aliphatic rings. The lowest BCUT2D eigenvalue weighted by atomic mass is 9.93. The minimum absolute atomic E-state index is 0.0202. The largest absolute Gasteiger partial charge is 0.444 e. The lowest BCUT2D eigenvalue weighted by molar-refractivity contribution is -0.132. The fraction of sp³-hybridized carbons (Fsp3) is 0.452. The number of fused-ring (bicyclic) bond motifs is 1. The van der Waals surface area contributed by atoms with Gasteiger partial charge in [-0.2, -0.15) is 0 Å². The van der Waals surface area contributed by atoms with E-state index < -0.39 is 23.8 Å². The van der Waals surface area contributed by atoms with Gasteiger partial charge in [0.2, 0.25) is 5.91 Å². The highest BCUT2D eigenvalue weighted by atomic mass is 16.6. The number of carbonyl (C=O) groups excluding carboxylic acids is 3. The quantitative estimate of drug-likeness (QED) is 0.165. The second-order valence-corrected chi connectivity index (χ2v) is 15.2. The number of hydrogen-bond donors (Lipinski definition) is 2. The van der Waals surface area contributed by atoms with Crippen LogP contribution >= 0.6 is 0 Å². The summed E-state index contributed by atoms with van der Waals surface area (Å²) in [5.74, 6) is 0.159. The monoisotopic (exact) mass is 708 g/mol. The molecule has 1 aromatic heterocycles. The molecule has 3 heterocycles. The zero-order valence-electron chi connectivity index (χ0n) is 30.8. The summed E-state index contributed by atoms with van der Waals surface area (Å²) in [7, 11) is 1.73. The van der Waals surface area contributed by atoms with Crippen molar-refractivity contribution in [1.29, 1.82) is 0 Å². The molecule has 2 fully saturated rings. The number of para-hydroxylation sites is 1. The number of aliphatic hydroxyl groups is 1. The first-order valence-electron chi connectivity index (χ1n) is 18.5. The van der Waals surface area contributed by atoms with Crippen molar-refractivity contribution in [3.63, 3.8) is 0 Å². The van der Waals surface area contributed by atoms with Gasteiger partial charge in [-0.15, -0.1) is 0 Å². The van der Waals surface area contributed by atoms with Crippen molar-refractivity contribution in [2.75, 3.05) is 39.9 Å². The van der Waals surface area contributed by atoms with E-state index in [1.807, 2.05) is 74.2 Å². The Kier molecular flexibility index (Phi) is 11.7. The van der Waals surface area contributed by atoms with Crippen molar-refractivity contribution in [3.8, 4) is 11.1 Å². The Labute approximate surface area is 306 Å². The van der Waals surface area contributed by atoms with Gasteiger partial charge in [0.25, 0.3) is 5.91 Å². The van der Waals surface area contributed by atoms with E-state index >= 15 is 0 Å².